The van der Waals surface area contributed by atoms with E-state index in [1.807, 2.05) is 0 Å². The summed E-state index contributed by atoms with van der Waals surface area (Å²) >= 11 is 0. The van der Waals surface area contributed by atoms with Crippen LogP contribution in [0, 0.1) is 0 Å². The number of ether oxygens (including phenoxy) is 1. The van der Waals surface area contributed by atoms with Crippen LogP contribution < -0.4 is 0 Å². The highest BCUT2D eigenvalue weighted by Gasteiger charge is 2.28. The van der Waals surface area contributed by atoms with Crippen LogP contribution in [0.1, 0.15) is 19.8 Å². The van der Waals surface area contributed by atoms with E-state index in [9.17, 15) is 9.59 Å². The van der Waals surface area contributed by atoms with Gasteiger partial charge in [0, 0.05) is 6.42 Å². The van der Waals surface area contributed by atoms with Gasteiger partial charge in [0.2, 0.25) is 0 Å². The van der Waals surface area contributed by atoms with Crippen molar-refractivity contribution >= 4 is 17.7 Å². The fourth-order valence-electron chi connectivity index (χ4n) is 1.07. The molecule has 1 aliphatic rings. The van der Waals surface area contributed by atoms with Crippen molar-refractivity contribution in [2.24, 2.45) is 5.16 Å². The molecule has 0 saturated heterocycles. The Labute approximate surface area is 80.5 Å². The lowest BCUT2D eigenvalue weighted by Gasteiger charge is -2.02. The largest absolute Gasteiger partial charge is 0.481 e. The van der Waals surface area contributed by atoms with E-state index >= 15 is 0 Å². The van der Waals surface area contributed by atoms with Crippen LogP contribution in [0.3, 0.4) is 0 Å². The summed E-state index contributed by atoms with van der Waals surface area (Å²) in [6.07, 6.45) is -0.510. The molecule has 0 saturated carbocycles. The van der Waals surface area contributed by atoms with Gasteiger partial charge in [-0.2, -0.15) is 0 Å². The molecule has 78 valence electrons. The van der Waals surface area contributed by atoms with Crippen LogP contribution in [0.4, 0.5) is 0 Å². The van der Waals surface area contributed by atoms with Crippen LogP contribution in [0.2, 0.25) is 0 Å². The van der Waals surface area contributed by atoms with E-state index in [1.54, 1.807) is 6.92 Å². The number of carboxylic acids is 1. The maximum Gasteiger partial charge on any atom is 0.356 e. The molecule has 0 aliphatic carbocycles. The number of oxime groups is 1. The first-order valence-corrected chi connectivity index (χ1v) is 4.25. The minimum atomic E-state index is -0.977. The quantitative estimate of drug-likeness (QED) is 0.655. The minimum Gasteiger partial charge on any atom is -0.481 e. The van der Waals surface area contributed by atoms with Crippen LogP contribution in [-0.4, -0.2) is 35.5 Å². The number of esters is 1. The van der Waals surface area contributed by atoms with Crippen LogP contribution >= 0.6 is 0 Å². The Morgan fingerprint density at radius 3 is 3.00 bits per heavy atom. The van der Waals surface area contributed by atoms with Gasteiger partial charge >= 0.3 is 11.9 Å². The van der Waals surface area contributed by atoms with E-state index in [1.165, 1.54) is 0 Å². The predicted octanol–water partition coefficient (Wildman–Crippen LogP) is 0.169. The standard InChI is InChI=1S/C8H11NO5/c1-2-13-8(12)6-3-5(14-9-6)4-7(10)11/h5H,2-4H2,1H3,(H,10,11). The highest BCUT2D eigenvalue weighted by molar-refractivity contribution is 6.36. The predicted molar refractivity (Wildman–Crippen MR) is 45.8 cm³/mol. The lowest BCUT2D eigenvalue weighted by Crippen LogP contribution is -2.19. The van der Waals surface area contributed by atoms with E-state index in [-0.39, 0.29) is 25.2 Å². The Bertz CT molecular complexity index is 273. The van der Waals surface area contributed by atoms with Crippen molar-refractivity contribution < 1.29 is 24.3 Å². The number of carbonyl (C=O) groups excluding carboxylic acids is 1. The van der Waals surface area contributed by atoms with E-state index in [0.29, 0.717) is 0 Å². The molecule has 1 atom stereocenters. The zero-order valence-electron chi connectivity index (χ0n) is 7.73. The summed E-state index contributed by atoms with van der Waals surface area (Å²) in [4.78, 5) is 26.2. The van der Waals surface area contributed by atoms with Crippen molar-refractivity contribution in [1.82, 2.24) is 0 Å². The minimum absolute atomic E-state index is 0.151. The van der Waals surface area contributed by atoms with Gasteiger partial charge in [-0.05, 0) is 6.92 Å². The first kappa shape index (κ1) is 10.5. The first-order chi connectivity index (χ1) is 6.63. The van der Waals surface area contributed by atoms with Crippen molar-refractivity contribution in [3.63, 3.8) is 0 Å². The maximum atomic E-state index is 11.1. The summed E-state index contributed by atoms with van der Waals surface area (Å²) in [5.41, 5.74) is 0.151. The summed E-state index contributed by atoms with van der Waals surface area (Å²) in [5.74, 6) is -1.52. The molecule has 0 radical (unpaired) electrons. The molecule has 0 amide bonds. The second-order valence-electron chi connectivity index (χ2n) is 2.79. The van der Waals surface area contributed by atoms with Gasteiger partial charge in [0.1, 0.15) is 6.10 Å². The average molecular weight is 201 g/mol. The Balaban J connectivity index is 2.39. The second kappa shape index (κ2) is 4.59. The zero-order valence-corrected chi connectivity index (χ0v) is 7.73. The van der Waals surface area contributed by atoms with Crippen molar-refractivity contribution in [2.45, 2.75) is 25.9 Å². The zero-order chi connectivity index (χ0) is 10.6. The van der Waals surface area contributed by atoms with E-state index in [0.717, 1.165) is 0 Å². The molecule has 1 N–H and O–H groups in total. The van der Waals surface area contributed by atoms with Crippen molar-refractivity contribution in [2.75, 3.05) is 6.61 Å². The average Bonchev–Trinajstić information content (AvgIpc) is 2.52. The molecular formula is C8H11NO5. The van der Waals surface area contributed by atoms with Crippen molar-refractivity contribution in [3.8, 4) is 0 Å². The molecule has 0 aromatic carbocycles. The second-order valence-corrected chi connectivity index (χ2v) is 2.79. The molecule has 0 fully saturated rings. The molecular weight excluding hydrogens is 190 g/mol. The lowest BCUT2D eigenvalue weighted by molar-refractivity contribution is -0.140. The summed E-state index contributed by atoms with van der Waals surface area (Å²) in [7, 11) is 0. The summed E-state index contributed by atoms with van der Waals surface area (Å²) < 4.78 is 4.68. The van der Waals surface area contributed by atoms with Crippen molar-refractivity contribution in [1.29, 1.82) is 0 Å². The molecule has 0 aromatic heterocycles. The van der Waals surface area contributed by atoms with Crippen LogP contribution in [0.25, 0.3) is 0 Å². The van der Waals surface area contributed by atoms with Crippen molar-refractivity contribution in [3.05, 3.63) is 0 Å². The number of rotatable bonds is 4. The normalized spacial score (nSPS) is 19.8. The number of carboxylic acid groups (broad SMARTS) is 1. The van der Waals surface area contributed by atoms with E-state index in [2.05, 4.69) is 9.89 Å². The molecule has 0 bridgehead atoms. The molecule has 1 heterocycles. The van der Waals surface area contributed by atoms with Gasteiger partial charge in [0.15, 0.2) is 5.71 Å². The number of carbonyl (C=O) groups is 2. The van der Waals surface area contributed by atoms with Gasteiger partial charge in [-0.15, -0.1) is 0 Å². The molecule has 1 unspecified atom stereocenters. The lowest BCUT2D eigenvalue weighted by atomic mass is 10.1. The highest BCUT2D eigenvalue weighted by atomic mass is 16.6. The third-order valence-corrected chi connectivity index (χ3v) is 1.65. The third kappa shape index (κ3) is 2.72. The third-order valence-electron chi connectivity index (χ3n) is 1.65. The summed E-state index contributed by atoms with van der Waals surface area (Å²) in [6.45, 7) is 1.95. The molecule has 1 rings (SSSR count). The van der Waals surface area contributed by atoms with Gasteiger partial charge in [0.05, 0.1) is 13.0 Å². The fraction of sp³-hybridized carbons (Fsp3) is 0.625. The molecule has 0 spiro atoms. The molecule has 0 aromatic rings. The van der Waals surface area contributed by atoms with Crippen LogP contribution in [0.15, 0.2) is 5.16 Å². The van der Waals surface area contributed by atoms with Crippen LogP contribution in [0.5, 0.6) is 0 Å². The van der Waals surface area contributed by atoms with Crippen LogP contribution in [-0.2, 0) is 19.2 Å². The van der Waals surface area contributed by atoms with E-state index in [4.69, 9.17) is 9.94 Å². The molecule has 6 heteroatoms. The monoisotopic (exact) mass is 201 g/mol. The Morgan fingerprint density at radius 2 is 2.43 bits per heavy atom. The smallest absolute Gasteiger partial charge is 0.356 e. The number of nitrogens with zero attached hydrogens (tertiary/aromatic N) is 1. The number of aliphatic carboxylic acids is 1. The van der Waals surface area contributed by atoms with E-state index < -0.39 is 18.0 Å². The Hall–Kier alpha value is -1.59. The SMILES string of the molecule is CCOC(=O)C1=NOC(CC(=O)O)C1. The number of hydrogen-bond donors (Lipinski definition) is 1. The topological polar surface area (TPSA) is 85.2 Å². The summed E-state index contributed by atoms with van der Waals surface area (Å²) in [5, 5.41) is 11.9. The van der Waals surface area contributed by atoms with Gasteiger partial charge in [-0.3, -0.25) is 4.79 Å². The van der Waals surface area contributed by atoms with Gasteiger partial charge < -0.3 is 14.7 Å². The Morgan fingerprint density at radius 1 is 1.71 bits per heavy atom. The number of hydrogen-bond acceptors (Lipinski definition) is 5. The maximum absolute atomic E-state index is 11.1. The highest BCUT2D eigenvalue weighted by Crippen LogP contribution is 2.14. The van der Waals surface area contributed by atoms with Gasteiger partial charge in [0.25, 0.3) is 0 Å². The molecule has 6 nitrogen and oxygen atoms in total. The van der Waals surface area contributed by atoms with Gasteiger partial charge in [-0.25, -0.2) is 4.79 Å². The summed E-state index contributed by atoms with van der Waals surface area (Å²) in [6, 6.07) is 0. The fourth-order valence-corrected chi connectivity index (χ4v) is 1.07. The Kier molecular flexibility index (Phi) is 3.44. The first-order valence-electron chi connectivity index (χ1n) is 4.25. The molecule has 14 heavy (non-hydrogen) atoms. The molecule has 1 aliphatic heterocycles. The van der Waals surface area contributed by atoms with Gasteiger partial charge in [-0.1, -0.05) is 5.16 Å².